The van der Waals surface area contributed by atoms with Gasteiger partial charge in [0.05, 0.1) is 11.6 Å². The van der Waals surface area contributed by atoms with Crippen LogP contribution in [-0.2, 0) is 16.0 Å². The van der Waals surface area contributed by atoms with E-state index in [1.807, 2.05) is 54.6 Å². The molecule has 1 aliphatic heterocycles. The Labute approximate surface area is 166 Å². The lowest BCUT2D eigenvalue weighted by Crippen LogP contribution is -2.33. The quantitative estimate of drug-likeness (QED) is 0.747. The Kier molecular flexibility index (Phi) is 4.87. The van der Waals surface area contributed by atoms with Gasteiger partial charge in [0.25, 0.3) is 5.91 Å². The van der Waals surface area contributed by atoms with Crippen LogP contribution in [0.3, 0.4) is 0 Å². The maximum Gasteiger partial charge on any atom is 0.290 e. The Balaban J connectivity index is 1.67. The molecule has 1 N–H and O–H groups in total. The number of rotatable bonds is 6. The molecular weight excluding hydrogens is 406 g/mol. The van der Waals surface area contributed by atoms with Gasteiger partial charge >= 0.3 is 0 Å². The molecule has 0 radical (unpaired) electrons. The van der Waals surface area contributed by atoms with Crippen LogP contribution in [0, 0.1) is 5.92 Å². The molecule has 2 aliphatic rings. The lowest BCUT2D eigenvalue weighted by atomic mass is 9.94. The van der Waals surface area contributed by atoms with Crippen molar-refractivity contribution in [2.75, 3.05) is 6.54 Å². The molecule has 2 aromatic rings. The summed E-state index contributed by atoms with van der Waals surface area (Å²) >= 11 is 3.42. The van der Waals surface area contributed by atoms with Crippen molar-refractivity contribution in [2.45, 2.75) is 25.3 Å². The van der Waals surface area contributed by atoms with Crippen LogP contribution >= 0.6 is 15.9 Å². The van der Waals surface area contributed by atoms with Crippen molar-refractivity contribution in [1.82, 2.24) is 4.90 Å². The number of carbonyl (C=O) groups is 2. The van der Waals surface area contributed by atoms with Gasteiger partial charge in [0.15, 0.2) is 11.5 Å². The summed E-state index contributed by atoms with van der Waals surface area (Å²) < 4.78 is 0.926. The number of carbonyl (C=O) groups excluding carboxylic acids is 2. The average molecular weight is 426 g/mol. The van der Waals surface area contributed by atoms with Crippen LogP contribution < -0.4 is 0 Å². The molecule has 1 unspecified atom stereocenters. The minimum atomic E-state index is -0.526. The Hall–Kier alpha value is -2.40. The molecule has 1 amide bonds. The van der Waals surface area contributed by atoms with Crippen LogP contribution in [0.15, 0.2) is 70.4 Å². The molecule has 0 aromatic heterocycles. The fourth-order valence-corrected chi connectivity index (χ4v) is 3.85. The molecule has 1 atom stereocenters. The number of aliphatic hydroxyl groups is 1. The lowest BCUT2D eigenvalue weighted by molar-refractivity contribution is -0.129. The van der Waals surface area contributed by atoms with Crippen LogP contribution in [-0.4, -0.2) is 28.2 Å². The molecule has 27 heavy (non-hydrogen) atoms. The van der Waals surface area contributed by atoms with E-state index in [1.54, 1.807) is 4.90 Å². The summed E-state index contributed by atoms with van der Waals surface area (Å²) in [5.74, 6) is -0.978. The van der Waals surface area contributed by atoms with Gasteiger partial charge in [0.1, 0.15) is 0 Å². The third-order valence-electron chi connectivity index (χ3n) is 5.19. The predicted molar refractivity (Wildman–Crippen MR) is 106 cm³/mol. The van der Waals surface area contributed by atoms with E-state index in [4.69, 9.17) is 0 Å². The first kappa shape index (κ1) is 18.0. The minimum Gasteiger partial charge on any atom is -0.503 e. The smallest absolute Gasteiger partial charge is 0.290 e. The maximum absolute atomic E-state index is 12.8. The van der Waals surface area contributed by atoms with Crippen LogP contribution in [0.1, 0.15) is 30.0 Å². The van der Waals surface area contributed by atoms with Gasteiger partial charge in [-0.05, 0) is 42.5 Å². The van der Waals surface area contributed by atoms with Gasteiger partial charge in [-0.1, -0.05) is 58.4 Å². The van der Waals surface area contributed by atoms with Gasteiger partial charge < -0.3 is 10.0 Å². The number of hydrogen-bond donors (Lipinski definition) is 1. The van der Waals surface area contributed by atoms with E-state index in [-0.39, 0.29) is 23.0 Å². The molecule has 138 valence electrons. The second-order valence-corrected chi connectivity index (χ2v) is 8.00. The summed E-state index contributed by atoms with van der Waals surface area (Å²) in [6.45, 7) is 0.440. The van der Waals surface area contributed by atoms with Crippen molar-refractivity contribution in [3.8, 4) is 0 Å². The van der Waals surface area contributed by atoms with E-state index in [1.165, 1.54) is 0 Å². The number of nitrogens with zero attached hydrogens (tertiary/aromatic N) is 1. The van der Waals surface area contributed by atoms with E-state index in [0.717, 1.165) is 28.4 Å². The molecule has 4 nitrogen and oxygen atoms in total. The summed E-state index contributed by atoms with van der Waals surface area (Å²) in [6.07, 6.45) is 2.33. The molecule has 5 heteroatoms. The van der Waals surface area contributed by atoms with Gasteiger partial charge in [-0.2, -0.15) is 0 Å². The molecule has 1 saturated carbocycles. The van der Waals surface area contributed by atoms with Crippen LogP contribution in [0.4, 0.5) is 0 Å². The normalized spacial score (nSPS) is 19.7. The van der Waals surface area contributed by atoms with Crippen molar-refractivity contribution >= 4 is 27.6 Å². The first-order chi connectivity index (χ1) is 13.1. The van der Waals surface area contributed by atoms with E-state index in [9.17, 15) is 14.7 Å². The zero-order valence-electron chi connectivity index (χ0n) is 14.8. The highest BCUT2D eigenvalue weighted by Crippen LogP contribution is 2.43. The Bertz CT molecular complexity index is 901. The molecule has 1 heterocycles. The highest BCUT2D eigenvalue weighted by atomic mass is 79.9. The van der Waals surface area contributed by atoms with E-state index < -0.39 is 11.9 Å². The maximum atomic E-state index is 12.8. The number of amides is 1. The van der Waals surface area contributed by atoms with Gasteiger partial charge in [0, 0.05) is 16.9 Å². The first-order valence-corrected chi connectivity index (χ1v) is 9.93. The number of hydrogen-bond acceptors (Lipinski definition) is 3. The first-order valence-electron chi connectivity index (χ1n) is 9.14. The van der Waals surface area contributed by atoms with Crippen molar-refractivity contribution < 1.29 is 14.7 Å². The van der Waals surface area contributed by atoms with Crippen molar-refractivity contribution in [1.29, 1.82) is 0 Å². The van der Waals surface area contributed by atoms with Gasteiger partial charge in [0.2, 0.25) is 0 Å². The van der Waals surface area contributed by atoms with Crippen molar-refractivity contribution in [2.24, 2.45) is 5.92 Å². The zero-order chi connectivity index (χ0) is 19.0. The van der Waals surface area contributed by atoms with Crippen molar-refractivity contribution in [3.05, 3.63) is 81.5 Å². The van der Waals surface area contributed by atoms with Gasteiger partial charge in [-0.25, -0.2) is 0 Å². The monoisotopic (exact) mass is 425 g/mol. The fraction of sp³-hybridized carbons (Fsp3) is 0.273. The standard InChI is InChI=1S/C22H20BrNO3/c23-17-10-8-15(9-11-17)19-18(20(25)16-6-7-16)21(26)22(27)24(19)13-12-14-4-2-1-3-5-14/h1-5,8-11,16,19,26H,6-7,12-13H2. The van der Waals surface area contributed by atoms with E-state index in [2.05, 4.69) is 15.9 Å². The molecule has 0 saturated heterocycles. The fourth-order valence-electron chi connectivity index (χ4n) is 3.59. The van der Waals surface area contributed by atoms with Crippen LogP contribution in [0.2, 0.25) is 0 Å². The second-order valence-electron chi connectivity index (χ2n) is 7.09. The largest absolute Gasteiger partial charge is 0.503 e. The third-order valence-corrected chi connectivity index (χ3v) is 5.72. The number of halogens is 1. The summed E-state index contributed by atoms with van der Waals surface area (Å²) in [6, 6.07) is 17.0. The molecule has 1 fully saturated rings. The molecule has 0 bridgehead atoms. The van der Waals surface area contributed by atoms with Crippen LogP contribution in [0.5, 0.6) is 0 Å². The van der Waals surface area contributed by atoms with E-state index >= 15 is 0 Å². The number of ketones is 1. The highest BCUT2D eigenvalue weighted by molar-refractivity contribution is 9.10. The lowest BCUT2D eigenvalue weighted by Gasteiger charge is -2.27. The Morgan fingerprint density at radius 1 is 1.07 bits per heavy atom. The molecule has 2 aromatic carbocycles. The second kappa shape index (κ2) is 7.31. The van der Waals surface area contributed by atoms with E-state index in [0.29, 0.717) is 13.0 Å². The molecule has 4 rings (SSSR count). The Morgan fingerprint density at radius 3 is 2.37 bits per heavy atom. The van der Waals surface area contributed by atoms with Crippen molar-refractivity contribution in [3.63, 3.8) is 0 Å². The number of aliphatic hydroxyl groups excluding tert-OH is 1. The molecule has 1 aliphatic carbocycles. The summed E-state index contributed by atoms with van der Waals surface area (Å²) in [5.41, 5.74) is 2.21. The SMILES string of the molecule is O=C(C1=C(O)C(=O)N(CCc2ccccc2)C1c1ccc(Br)cc1)C1CC1. The summed E-state index contributed by atoms with van der Waals surface area (Å²) in [7, 11) is 0. The van der Waals surface area contributed by atoms with Crippen LogP contribution in [0.25, 0.3) is 0 Å². The molecular formula is C22H20BrNO3. The summed E-state index contributed by atoms with van der Waals surface area (Å²) in [5, 5.41) is 10.5. The average Bonchev–Trinajstić information content (AvgIpc) is 3.50. The zero-order valence-corrected chi connectivity index (χ0v) is 16.4. The summed E-state index contributed by atoms with van der Waals surface area (Å²) in [4.78, 5) is 27.2. The number of benzene rings is 2. The van der Waals surface area contributed by atoms with Gasteiger partial charge in [-0.3, -0.25) is 9.59 Å². The topological polar surface area (TPSA) is 57.6 Å². The van der Waals surface area contributed by atoms with Gasteiger partial charge in [-0.15, -0.1) is 0 Å². The Morgan fingerprint density at radius 2 is 1.74 bits per heavy atom. The number of Topliss-reactive ketones (excluding diaryl/α,β-unsaturated/α-hetero) is 1. The highest BCUT2D eigenvalue weighted by Gasteiger charge is 2.46. The predicted octanol–water partition coefficient (Wildman–Crippen LogP) is 4.37. The minimum absolute atomic E-state index is 0.0537. The molecule has 0 spiro atoms. The third kappa shape index (κ3) is 3.56.